The minimum absolute atomic E-state index is 0.0711. The summed E-state index contributed by atoms with van der Waals surface area (Å²) >= 11 is 0. The molecule has 0 aromatic carbocycles. The first-order valence-corrected chi connectivity index (χ1v) is 8.26. The van der Waals surface area contributed by atoms with Crippen molar-refractivity contribution in [2.45, 2.75) is 31.3 Å². The number of carbonyl (C=O) groups excluding carboxylic acids is 1. The maximum Gasteiger partial charge on any atom is 0.342 e. The topological polar surface area (TPSA) is 102 Å². The molecule has 1 atom stereocenters. The third-order valence-electron chi connectivity index (χ3n) is 3.31. The largest absolute Gasteiger partial charge is 0.462 e. The van der Waals surface area contributed by atoms with Gasteiger partial charge in [0.05, 0.1) is 26.0 Å². The summed E-state index contributed by atoms with van der Waals surface area (Å²) in [5.74, 6) is -0.703. The van der Waals surface area contributed by atoms with E-state index in [9.17, 15) is 13.2 Å². The second kappa shape index (κ2) is 6.54. The molecule has 9 heteroatoms. The number of esters is 1. The number of ether oxygens (including phenoxy) is 2. The Bertz CT molecular complexity index is 598. The highest BCUT2D eigenvalue weighted by Crippen LogP contribution is 2.23. The van der Waals surface area contributed by atoms with Gasteiger partial charge in [-0.15, -0.1) is 0 Å². The fraction of sp³-hybridized carbons (Fsp3) is 0.667. The molecule has 0 saturated carbocycles. The van der Waals surface area contributed by atoms with Crippen LogP contribution in [0.5, 0.6) is 0 Å². The van der Waals surface area contributed by atoms with Crippen LogP contribution in [0.3, 0.4) is 0 Å². The first-order chi connectivity index (χ1) is 10.0. The first kappa shape index (κ1) is 15.9. The van der Waals surface area contributed by atoms with Gasteiger partial charge >= 0.3 is 5.97 Å². The van der Waals surface area contributed by atoms with Gasteiger partial charge in [0.2, 0.25) is 0 Å². The minimum Gasteiger partial charge on any atom is -0.462 e. The highest BCUT2D eigenvalue weighted by Gasteiger charge is 2.37. The quantitative estimate of drug-likeness (QED) is 0.788. The van der Waals surface area contributed by atoms with E-state index < -0.39 is 16.0 Å². The van der Waals surface area contributed by atoms with Crippen molar-refractivity contribution in [3.8, 4) is 0 Å². The Morgan fingerprint density at radius 3 is 3.00 bits per heavy atom. The van der Waals surface area contributed by atoms with Crippen LogP contribution in [-0.4, -0.2) is 61.3 Å². The van der Waals surface area contributed by atoms with E-state index in [4.69, 9.17) is 9.47 Å². The molecule has 1 aliphatic rings. The van der Waals surface area contributed by atoms with Crippen LogP contribution in [0.4, 0.5) is 0 Å². The lowest BCUT2D eigenvalue weighted by Gasteiger charge is -2.33. The van der Waals surface area contributed by atoms with Crippen LogP contribution in [0.25, 0.3) is 0 Å². The number of H-pyrrole nitrogens is 1. The van der Waals surface area contributed by atoms with E-state index in [-0.39, 0.29) is 29.8 Å². The molecule has 0 bridgehead atoms. The van der Waals surface area contributed by atoms with Gasteiger partial charge in [-0.25, -0.2) is 13.2 Å². The molecule has 21 heavy (non-hydrogen) atoms. The van der Waals surface area contributed by atoms with Crippen molar-refractivity contribution < 1.29 is 22.7 Å². The molecule has 1 aromatic rings. The van der Waals surface area contributed by atoms with E-state index in [1.165, 1.54) is 10.5 Å². The van der Waals surface area contributed by atoms with Gasteiger partial charge in [-0.05, 0) is 13.3 Å². The molecule has 0 aliphatic carbocycles. The zero-order valence-corrected chi connectivity index (χ0v) is 12.9. The molecule has 1 aromatic heterocycles. The van der Waals surface area contributed by atoms with Crippen LogP contribution in [0.1, 0.15) is 30.6 Å². The number of aromatic nitrogens is 2. The van der Waals surface area contributed by atoms with Crippen molar-refractivity contribution in [1.29, 1.82) is 0 Å². The molecule has 1 N–H and O–H groups in total. The molecule has 2 heterocycles. The number of rotatable bonds is 5. The number of hydrogen-bond donors (Lipinski definition) is 1. The number of morpholine rings is 1. The highest BCUT2D eigenvalue weighted by molar-refractivity contribution is 7.89. The van der Waals surface area contributed by atoms with Gasteiger partial charge in [-0.1, -0.05) is 6.92 Å². The smallest absolute Gasteiger partial charge is 0.342 e. The van der Waals surface area contributed by atoms with E-state index in [0.29, 0.717) is 19.6 Å². The Labute approximate surface area is 123 Å². The Balaban J connectivity index is 2.35. The average Bonchev–Trinajstić information content (AvgIpc) is 2.97. The highest BCUT2D eigenvalue weighted by atomic mass is 32.2. The van der Waals surface area contributed by atoms with Crippen molar-refractivity contribution >= 4 is 16.0 Å². The molecule has 1 fully saturated rings. The molecule has 1 unspecified atom stereocenters. The SMILES string of the molecule is CCOC(=O)c1cn[nH]c1S(=O)(=O)N1CCOCC1CC. The van der Waals surface area contributed by atoms with E-state index in [1.54, 1.807) is 6.92 Å². The molecule has 2 rings (SSSR count). The van der Waals surface area contributed by atoms with Gasteiger partial charge in [0.1, 0.15) is 5.56 Å². The number of sulfonamides is 1. The molecule has 0 spiro atoms. The van der Waals surface area contributed by atoms with Gasteiger partial charge in [-0.2, -0.15) is 9.40 Å². The lowest BCUT2D eigenvalue weighted by Crippen LogP contribution is -2.48. The Morgan fingerprint density at radius 2 is 2.33 bits per heavy atom. The van der Waals surface area contributed by atoms with Gasteiger partial charge in [0, 0.05) is 12.6 Å². The van der Waals surface area contributed by atoms with Crippen molar-refractivity contribution in [3.63, 3.8) is 0 Å². The summed E-state index contributed by atoms with van der Waals surface area (Å²) in [7, 11) is -3.84. The number of carbonyl (C=O) groups is 1. The molecule has 0 radical (unpaired) electrons. The Kier molecular flexibility index (Phi) is 4.96. The fourth-order valence-electron chi connectivity index (χ4n) is 2.22. The second-order valence-corrected chi connectivity index (χ2v) is 6.41. The van der Waals surface area contributed by atoms with E-state index in [1.807, 2.05) is 6.92 Å². The van der Waals surface area contributed by atoms with Crippen LogP contribution in [0.15, 0.2) is 11.2 Å². The summed E-state index contributed by atoms with van der Waals surface area (Å²) in [4.78, 5) is 11.8. The number of nitrogens with zero attached hydrogens (tertiary/aromatic N) is 2. The predicted molar refractivity (Wildman–Crippen MR) is 73.3 cm³/mol. The third-order valence-corrected chi connectivity index (χ3v) is 5.24. The zero-order chi connectivity index (χ0) is 15.5. The lowest BCUT2D eigenvalue weighted by atomic mass is 10.2. The van der Waals surface area contributed by atoms with Gasteiger partial charge in [0.25, 0.3) is 10.0 Å². The average molecular weight is 317 g/mol. The maximum absolute atomic E-state index is 12.7. The molecule has 8 nitrogen and oxygen atoms in total. The van der Waals surface area contributed by atoms with Crippen LogP contribution in [0.2, 0.25) is 0 Å². The molecule has 1 aliphatic heterocycles. The minimum atomic E-state index is -3.84. The Hall–Kier alpha value is -1.45. The summed E-state index contributed by atoms with van der Waals surface area (Å²) in [5.41, 5.74) is -0.0711. The molecule has 118 valence electrons. The molecule has 0 amide bonds. The fourth-order valence-corrected chi connectivity index (χ4v) is 3.95. The van der Waals surface area contributed by atoms with Gasteiger partial charge in [-0.3, -0.25) is 5.10 Å². The summed E-state index contributed by atoms with van der Waals surface area (Å²) in [6.07, 6.45) is 1.80. The van der Waals surface area contributed by atoms with Crippen LogP contribution in [-0.2, 0) is 19.5 Å². The van der Waals surface area contributed by atoms with Crippen molar-refractivity contribution in [1.82, 2.24) is 14.5 Å². The zero-order valence-electron chi connectivity index (χ0n) is 12.0. The summed E-state index contributed by atoms with van der Waals surface area (Å²) < 4.78 is 37.0. The van der Waals surface area contributed by atoms with Crippen molar-refractivity contribution in [2.75, 3.05) is 26.4 Å². The van der Waals surface area contributed by atoms with Crippen molar-refractivity contribution in [2.24, 2.45) is 0 Å². The number of hydrogen-bond acceptors (Lipinski definition) is 6. The summed E-state index contributed by atoms with van der Waals surface area (Å²) in [6.45, 7) is 4.64. The normalized spacial score (nSPS) is 20.4. The monoisotopic (exact) mass is 317 g/mol. The molecular formula is C12H19N3O5S. The van der Waals surface area contributed by atoms with E-state index in [0.717, 1.165) is 0 Å². The summed E-state index contributed by atoms with van der Waals surface area (Å²) in [6, 6.07) is -0.248. The lowest BCUT2D eigenvalue weighted by molar-refractivity contribution is 0.0312. The number of aromatic amines is 1. The van der Waals surface area contributed by atoms with Gasteiger partial charge in [0.15, 0.2) is 5.03 Å². The standard InChI is InChI=1S/C12H19N3O5S/c1-3-9-8-19-6-5-15(9)21(17,18)11-10(7-13-14-11)12(16)20-4-2/h7,9H,3-6,8H2,1-2H3,(H,13,14). The second-order valence-electron chi connectivity index (χ2n) is 4.59. The number of nitrogens with one attached hydrogen (secondary N) is 1. The van der Waals surface area contributed by atoms with Crippen molar-refractivity contribution in [3.05, 3.63) is 11.8 Å². The van der Waals surface area contributed by atoms with Gasteiger partial charge < -0.3 is 9.47 Å². The summed E-state index contributed by atoms with van der Waals surface area (Å²) in [5, 5.41) is 5.86. The Morgan fingerprint density at radius 1 is 1.57 bits per heavy atom. The molecular weight excluding hydrogens is 298 g/mol. The van der Waals surface area contributed by atoms with E-state index >= 15 is 0 Å². The first-order valence-electron chi connectivity index (χ1n) is 6.82. The third kappa shape index (κ3) is 3.09. The predicted octanol–water partition coefficient (Wildman–Crippen LogP) is 0.386. The van der Waals surface area contributed by atoms with Crippen LogP contribution in [0, 0.1) is 0 Å². The molecule has 1 saturated heterocycles. The van der Waals surface area contributed by atoms with E-state index in [2.05, 4.69) is 10.2 Å². The van der Waals surface area contributed by atoms with Crippen LogP contribution >= 0.6 is 0 Å². The maximum atomic E-state index is 12.7. The van der Waals surface area contributed by atoms with Crippen LogP contribution < -0.4 is 0 Å².